The number of hydrogen-bond donors (Lipinski definition) is 0. The molecular formula is C32H27N. The lowest BCUT2D eigenvalue weighted by molar-refractivity contribution is 0.661. The van der Waals surface area contributed by atoms with Gasteiger partial charge < -0.3 is 4.90 Å². The molecule has 1 aliphatic rings. The van der Waals surface area contributed by atoms with Crippen LogP contribution in [0, 0.1) is 0 Å². The minimum Gasteiger partial charge on any atom is -0.345 e. The summed E-state index contributed by atoms with van der Waals surface area (Å²) in [6.07, 6.45) is 0. The van der Waals surface area contributed by atoms with E-state index in [4.69, 9.17) is 0 Å². The van der Waals surface area contributed by atoms with Crippen LogP contribution in [0.15, 0.2) is 109 Å². The number of rotatable bonds is 3. The number of anilines is 2. The second-order valence-corrected chi connectivity index (χ2v) is 9.57. The molecule has 0 saturated heterocycles. The summed E-state index contributed by atoms with van der Waals surface area (Å²) in [5, 5.41) is 2.62. The minimum absolute atomic E-state index is 0.0251. The number of fused-ring (bicyclic) bond motifs is 4. The van der Waals surface area contributed by atoms with Gasteiger partial charge >= 0.3 is 0 Å². The minimum atomic E-state index is -0.0251. The lowest BCUT2D eigenvalue weighted by Crippen LogP contribution is -2.16. The Kier molecular flexibility index (Phi) is 4.41. The average Bonchev–Trinajstić information content (AvgIpc) is 3.08. The maximum Gasteiger partial charge on any atom is 0.0411 e. The smallest absolute Gasteiger partial charge is 0.0411 e. The Bertz CT molecular complexity index is 1480. The number of benzene rings is 5. The summed E-state index contributed by atoms with van der Waals surface area (Å²) in [5.41, 5.74) is 10.4. The summed E-state index contributed by atoms with van der Waals surface area (Å²) >= 11 is 0. The van der Waals surface area contributed by atoms with Gasteiger partial charge in [0.1, 0.15) is 0 Å². The summed E-state index contributed by atoms with van der Waals surface area (Å²) in [7, 11) is 2.16. The van der Waals surface area contributed by atoms with Crippen LogP contribution in [-0.2, 0) is 5.41 Å². The highest BCUT2D eigenvalue weighted by Gasteiger charge is 2.36. The molecule has 0 aromatic heterocycles. The maximum absolute atomic E-state index is 2.39. The molecule has 0 unspecified atom stereocenters. The van der Waals surface area contributed by atoms with E-state index in [1.54, 1.807) is 0 Å². The van der Waals surface area contributed by atoms with Crippen LogP contribution in [0.3, 0.4) is 0 Å². The normalized spacial score (nSPS) is 13.5. The molecule has 1 heteroatoms. The Morgan fingerprint density at radius 1 is 0.515 bits per heavy atom. The van der Waals surface area contributed by atoms with Gasteiger partial charge in [-0.25, -0.2) is 0 Å². The molecule has 1 aliphatic carbocycles. The van der Waals surface area contributed by atoms with Crippen molar-refractivity contribution in [3.8, 4) is 22.3 Å². The first-order valence-corrected chi connectivity index (χ1v) is 11.6. The predicted molar refractivity (Wildman–Crippen MR) is 141 cm³/mol. The lowest BCUT2D eigenvalue weighted by Gasteiger charge is -2.25. The van der Waals surface area contributed by atoms with E-state index < -0.39 is 0 Å². The zero-order chi connectivity index (χ0) is 22.6. The van der Waals surface area contributed by atoms with Crippen LogP contribution in [0.2, 0.25) is 0 Å². The van der Waals surface area contributed by atoms with E-state index in [0.29, 0.717) is 0 Å². The fraction of sp³-hybridized carbons (Fsp3) is 0.125. The molecule has 0 heterocycles. The first kappa shape index (κ1) is 19.8. The summed E-state index contributed by atoms with van der Waals surface area (Å²) < 4.78 is 0. The largest absolute Gasteiger partial charge is 0.345 e. The second kappa shape index (κ2) is 7.35. The Labute approximate surface area is 195 Å². The molecule has 6 rings (SSSR count). The fourth-order valence-corrected chi connectivity index (χ4v) is 5.28. The van der Waals surface area contributed by atoms with Crippen molar-refractivity contribution in [3.05, 3.63) is 120 Å². The van der Waals surface area contributed by atoms with Gasteiger partial charge in [-0.05, 0) is 80.6 Å². The van der Waals surface area contributed by atoms with Crippen molar-refractivity contribution in [2.24, 2.45) is 0 Å². The number of nitrogens with zero attached hydrogens (tertiary/aromatic N) is 1. The summed E-state index contributed by atoms with van der Waals surface area (Å²) in [6, 6.07) is 39.7. The molecule has 0 bridgehead atoms. The highest BCUT2D eigenvalue weighted by molar-refractivity contribution is 5.94. The Morgan fingerprint density at radius 3 is 1.82 bits per heavy atom. The fourth-order valence-electron chi connectivity index (χ4n) is 5.28. The quantitative estimate of drug-likeness (QED) is 0.280. The van der Waals surface area contributed by atoms with E-state index in [0.717, 1.165) is 0 Å². The molecule has 33 heavy (non-hydrogen) atoms. The van der Waals surface area contributed by atoms with E-state index in [1.165, 1.54) is 55.5 Å². The van der Waals surface area contributed by atoms with Crippen molar-refractivity contribution in [2.75, 3.05) is 11.9 Å². The van der Waals surface area contributed by atoms with E-state index in [2.05, 4.69) is 135 Å². The summed E-state index contributed by atoms with van der Waals surface area (Å²) in [4.78, 5) is 2.28. The number of hydrogen-bond acceptors (Lipinski definition) is 1. The molecule has 0 spiro atoms. The van der Waals surface area contributed by atoms with Gasteiger partial charge in [-0.15, -0.1) is 0 Å². The van der Waals surface area contributed by atoms with Crippen molar-refractivity contribution in [1.82, 2.24) is 0 Å². The molecule has 0 saturated carbocycles. The monoisotopic (exact) mass is 425 g/mol. The van der Waals surface area contributed by atoms with Crippen LogP contribution < -0.4 is 4.90 Å². The van der Waals surface area contributed by atoms with Crippen LogP contribution >= 0.6 is 0 Å². The molecule has 0 amide bonds. The topological polar surface area (TPSA) is 3.24 Å². The molecule has 160 valence electrons. The highest BCUT2D eigenvalue weighted by Crippen LogP contribution is 2.51. The van der Waals surface area contributed by atoms with Gasteiger partial charge in [0.15, 0.2) is 0 Å². The van der Waals surface area contributed by atoms with Gasteiger partial charge in [-0.1, -0.05) is 86.6 Å². The third kappa shape index (κ3) is 3.15. The van der Waals surface area contributed by atoms with Gasteiger partial charge in [0.2, 0.25) is 0 Å². The molecular weight excluding hydrogens is 398 g/mol. The molecule has 0 atom stereocenters. The highest BCUT2D eigenvalue weighted by atomic mass is 15.1. The first-order chi connectivity index (χ1) is 16.0. The van der Waals surface area contributed by atoms with Gasteiger partial charge in [0.05, 0.1) is 0 Å². The van der Waals surface area contributed by atoms with Gasteiger partial charge in [0, 0.05) is 23.8 Å². The van der Waals surface area contributed by atoms with Crippen LogP contribution in [0.1, 0.15) is 25.0 Å². The molecule has 5 aromatic carbocycles. The Morgan fingerprint density at radius 2 is 1.09 bits per heavy atom. The summed E-state index contributed by atoms with van der Waals surface area (Å²) in [5.74, 6) is 0. The molecule has 0 aliphatic heterocycles. The van der Waals surface area contributed by atoms with Gasteiger partial charge in [0.25, 0.3) is 0 Å². The molecule has 0 N–H and O–H groups in total. The predicted octanol–water partition coefficient (Wildman–Crippen LogP) is 8.58. The SMILES string of the molecule is CN(c1ccc(-c2ccccc2)cc1)c1ccc2c(c1)C(C)(C)c1cc3ccccc3cc1-2. The van der Waals surface area contributed by atoms with E-state index in [1.807, 2.05) is 0 Å². The van der Waals surface area contributed by atoms with Gasteiger partial charge in [-0.3, -0.25) is 0 Å². The van der Waals surface area contributed by atoms with E-state index in [9.17, 15) is 0 Å². The van der Waals surface area contributed by atoms with Crippen LogP contribution in [0.5, 0.6) is 0 Å². The standard InChI is InChI=1S/C32H27N/c1-32(2)30-20-25-12-8-7-11-24(25)19-29(30)28-18-17-27(21-31(28)32)33(3)26-15-13-23(14-16-26)22-9-5-4-6-10-22/h4-21H,1-3H3. The summed E-state index contributed by atoms with van der Waals surface area (Å²) in [6.45, 7) is 4.70. The van der Waals surface area contributed by atoms with Crippen molar-refractivity contribution in [1.29, 1.82) is 0 Å². The molecule has 1 nitrogen and oxygen atoms in total. The van der Waals surface area contributed by atoms with E-state index in [-0.39, 0.29) is 5.41 Å². The van der Waals surface area contributed by atoms with Crippen molar-refractivity contribution in [2.45, 2.75) is 19.3 Å². The third-order valence-electron chi connectivity index (χ3n) is 7.27. The lowest BCUT2D eigenvalue weighted by atomic mass is 9.81. The van der Waals surface area contributed by atoms with Crippen LogP contribution in [0.4, 0.5) is 11.4 Å². The van der Waals surface area contributed by atoms with Crippen molar-refractivity contribution >= 4 is 22.1 Å². The average molecular weight is 426 g/mol. The van der Waals surface area contributed by atoms with Crippen LogP contribution in [-0.4, -0.2) is 7.05 Å². The van der Waals surface area contributed by atoms with Gasteiger partial charge in [-0.2, -0.15) is 0 Å². The second-order valence-electron chi connectivity index (χ2n) is 9.57. The zero-order valence-corrected chi connectivity index (χ0v) is 19.3. The van der Waals surface area contributed by atoms with E-state index >= 15 is 0 Å². The molecule has 5 aromatic rings. The maximum atomic E-state index is 2.39. The molecule has 0 fully saturated rings. The molecule has 0 radical (unpaired) electrons. The Hall–Kier alpha value is -3.84. The Balaban J connectivity index is 1.38. The zero-order valence-electron chi connectivity index (χ0n) is 19.3. The van der Waals surface area contributed by atoms with Crippen molar-refractivity contribution < 1.29 is 0 Å². The van der Waals surface area contributed by atoms with Crippen molar-refractivity contribution in [3.63, 3.8) is 0 Å². The first-order valence-electron chi connectivity index (χ1n) is 11.6. The third-order valence-corrected chi connectivity index (χ3v) is 7.27. The van der Waals surface area contributed by atoms with Crippen LogP contribution in [0.25, 0.3) is 33.0 Å².